The van der Waals surface area contributed by atoms with E-state index < -0.39 is 0 Å². The van der Waals surface area contributed by atoms with Gasteiger partial charge in [-0.15, -0.1) is 0 Å². The average Bonchev–Trinajstić information content (AvgIpc) is 2.17. The number of benzene rings is 2. The highest BCUT2D eigenvalue weighted by Crippen LogP contribution is 2.21. The first kappa shape index (κ1) is 10.4. The van der Waals surface area contributed by atoms with Gasteiger partial charge < -0.3 is 5.32 Å². The van der Waals surface area contributed by atoms with E-state index in [1.54, 1.807) is 0 Å². The Labute approximate surface area is 102 Å². The minimum atomic E-state index is -0.0418. The van der Waals surface area contributed by atoms with Crippen LogP contribution >= 0.6 is 22.6 Å². The van der Waals surface area contributed by atoms with Crippen LogP contribution in [0.2, 0.25) is 0 Å². The van der Waals surface area contributed by atoms with E-state index in [1.807, 2.05) is 18.2 Å². The molecule has 3 heteroatoms. The number of rotatable bonds is 1. The molecule has 0 aromatic heterocycles. The van der Waals surface area contributed by atoms with E-state index in [0.29, 0.717) is 0 Å². The van der Waals surface area contributed by atoms with E-state index in [2.05, 4.69) is 46.1 Å². The van der Waals surface area contributed by atoms with E-state index in [4.69, 9.17) is 0 Å². The molecule has 0 unspecified atom stereocenters. The third-order valence-corrected chi connectivity index (χ3v) is 2.79. The molecule has 2 nitrogen and oxygen atoms in total. The van der Waals surface area contributed by atoms with Crippen LogP contribution in [-0.2, 0) is 4.79 Å². The van der Waals surface area contributed by atoms with Gasteiger partial charge in [-0.05, 0) is 57.6 Å². The maximum Gasteiger partial charge on any atom is 0.221 e. The van der Waals surface area contributed by atoms with Crippen LogP contribution in [0.5, 0.6) is 0 Å². The molecular formula is C12H10INO. The van der Waals surface area contributed by atoms with Gasteiger partial charge in [0, 0.05) is 16.2 Å². The first-order chi connectivity index (χ1) is 7.15. The molecule has 0 bridgehead atoms. The van der Waals surface area contributed by atoms with Gasteiger partial charge in [-0.1, -0.05) is 12.1 Å². The van der Waals surface area contributed by atoms with Crippen LogP contribution in [0.25, 0.3) is 10.8 Å². The van der Waals surface area contributed by atoms with Gasteiger partial charge in [0.1, 0.15) is 0 Å². The summed E-state index contributed by atoms with van der Waals surface area (Å²) in [5.41, 5.74) is 0.844. The fourth-order valence-corrected chi connectivity index (χ4v) is 2.01. The molecule has 0 aliphatic carbocycles. The topological polar surface area (TPSA) is 29.1 Å². The van der Waals surface area contributed by atoms with Gasteiger partial charge in [0.05, 0.1) is 0 Å². The molecule has 1 amide bonds. The first-order valence-corrected chi connectivity index (χ1v) is 5.70. The number of halogens is 1. The Hall–Kier alpha value is -1.10. The number of carbonyl (C=O) groups excluding carboxylic acids is 1. The van der Waals surface area contributed by atoms with Gasteiger partial charge in [-0.3, -0.25) is 4.79 Å². The van der Waals surface area contributed by atoms with E-state index in [1.165, 1.54) is 15.9 Å². The Kier molecular flexibility index (Phi) is 2.90. The lowest BCUT2D eigenvalue weighted by Crippen LogP contribution is -2.05. The lowest BCUT2D eigenvalue weighted by Gasteiger charge is -2.04. The number of hydrogen-bond donors (Lipinski definition) is 1. The second kappa shape index (κ2) is 4.18. The van der Waals surface area contributed by atoms with Gasteiger partial charge in [-0.2, -0.15) is 0 Å². The SMILES string of the molecule is CC(=O)Nc1ccc2cc(I)ccc2c1. The molecule has 0 aliphatic rings. The number of hydrogen-bond acceptors (Lipinski definition) is 1. The third kappa shape index (κ3) is 2.47. The Morgan fingerprint density at radius 3 is 2.53 bits per heavy atom. The summed E-state index contributed by atoms with van der Waals surface area (Å²) in [5, 5.41) is 5.10. The number of fused-ring (bicyclic) bond motifs is 1. The summed E-state index contributed by atoms with van der Waals surface area (Å²) < 4.78 is 1.22. The largest absolute Gasteiger partial charge is 0.326 e. The molecule has 76 valence electrons. The van der Waals surface area contributed by atoms with Crippen molar-refractivity contribution in [3.8, 4) is 0 Å². The van der Waals surface area contributed by atoms with E-state index >= 15 is 0 Å². The minimum absolute atomic E-state index is 0.0418. The molecule has 0 heterocycles. The van der Waals surface area contributed by atoms with Crippen molar-refractivity contribution in [2.75, 3.05) is 5.32 Å². The van der Waals surface area contributed by atoms with Gasteiger partial charge in [0.25, 0.3) is 0 Å². The fourth-order valence-electron chi connectivity index (χ4n) is 1.50. The molecule has 0 radical (unpaired) electrons. The molecule has 2 aromatic carbocycles. The molecule has 0 fully saturated rings. The molecule has 0 atom stereocenters. The van der Waals surface area contributed by atoms with Gasteiger partial charge in [-0.25, -0.2) is 0 Å². The number of anilines is 1. The summed E-state index contributed by atoms with van der Waals surface area (Å²) in [6.45, 7) is 1.51. The zero-order chi connectivity index (χ0) is 10.8. The van der Waals surface area contributed by atoms with Gasteiger partial charge in [0.15, 0.2) is 0 Å². The predicted molar refractivity (Wildman–Crippen MR) is 71.0 cm³/mol. The number of nitrogens with one attached hydrogen (secondary N) is 1. The van der Waals surface area contributed by atoms with Crippen molar-refractivity contribution < 1.29 is 4.79 Å². The highest BCUT2D eigenvalue weighted by Gasteiger charge is 1.98. The second-order valence-corrected chi connectivity index (χ2v) is 4.63. The van der Waals surface area contributed by atoms with Crippen LogP contribution in [-0.4, -0.2) is 5.91 Å². The predicted octanol–water partition coefficient (Wildman–Crippen LogP) is 3.40. The summed E-state index contributed by atoms with van der Waals surface area (Å²) >= 11 is 2.29. The van der Waals surface area contributed by atoms with Crippen molar-refractivity contribution in [3.63, 3.8) is 0 Å². The van der Waals surface area contributed by atoms with E-state index in [-0.39, 0.29) is 5.91 Å². The average molecular weight is 311 g/mol. The highest BCUT2D eigenvalue weighted by atomic mass is 127. The van der Waals surface area contributed by atoms with Crippen LogP contribution in [0.3, 0.4) is 0 Å². The van der Waals surface area contributed by atoms with Crippen molar-refractivity contribution in [3.05, 3.63) is 40.0 Å². The van der Waals surface area contributed by atoms with Crippen LogP contribution in [0.1, 0.15) is 6.92 Å². The molecule has 1 N–H and O–H groups in total. The summed E-state index contributed by atoms with van der Waals surface area (Å²) in [4.78, 5) is 10.9. The summed E-state index contributed by atoms with van der Waals surface area (Å²) in [5.74, 6) is -0.0418. The summed E-state index contributed by atoms with van der Waals surface area (Å²) in [6, 6.07) is 12.1. The molecule has 0 saturated carbocycles. The first-order valence-electron chi connectivity index (χ1n) is 4.62. The Morgan fingerprint density at radius 1 is 1.13 bits per heavy atom. The van der Waals surface area contributed by atoms with Crippen LogP contribution < -0.4 is 5.32 Å². The molecular weight excluding hydrogens is 301 g/mol. The maximum atomic E-state index is 10.9. The smallest absolute Gasteiger partial charge is 0.221 e. The maximum absolute atomic E-state index is 10.9. The lowest BCUT2D eigenvalue weighted by molar-refractivity contribution is -0.114. The van der Waals surface area contributed by atoms with Crippen molar-refractivity contribution in [2.45, 2.75) is 6.92 Å². The Bertz CT molecular complexity index is 522. The normalized spacial score (nSPS) is 10.3. The molecule has 15 heavy (non-hydrogen) atoms. The molecule has 0 aliphatic heterocycles. The third-order valence-electron chi connectivity index (χ3n) is 2.12. The second-order valence-electron chi connectivity index (χ2n) is 3.39. The number of carbonyl (C=O) groups is 1. The van der Waals surface area contributed by atoms with Crippen molar-refractivity contribution in [2.24, 2.45) is 0 Å². The van der Waals surface area contributed by atoms with Crippen molar-refractivity contribution >= 4 is 45.0 Å². The van der Waals surface area contributed by atoms with Gasteiger partial charge in [0.2, 0.25) is 5.91 Å². The molecule has 2 rings (SSSR count). The van der Waals surface area contributed by atoms with Gasteiger partial charge >= 0.3 is 0 Å². The standard InChI is InChI=1S/C12H10INO/c1-8(15)14-12-5-3-9-6-11(13)4-2-10(9)7-12/h2-7H,1H3,(H,14,15). The molecule has 0 saturated heterocycles. The molecule has 2 aromatic rings. The van der Waals surface area contributed by atoms with Crippen molar-refractivity contribution in [1.29, 1.82) is 0 Å². The van der Waals surface area contributed by atoms with Crippen LogP contribution in [0, 0.1) is 3.57 Å². The van der Waals surface area contributed by atoms with Crippen LogP contribution in [0.4, 0.5) is 5.69 Å². The quantitative estimate of drug-likeness (QED) is 0.804. The zero-order valence-corrected chi connectivity index (χ0v) is 10.4. The summed E-state index contributed by atoms with van der Waals surface area (Å²) in [7, 11) is 0. The highest BCUT2D eigenvalue weighted by molar-refractivity contribution is 14.1. The van der Waals surface area contributed by atoms with Crippen molar-refractivity contribution in [1.82, 2.24) is 0 Å². The minimum Gasteiger partial charge on any atom is -0.326 e. The van der Waals surface area contributed by atoms with E-state index in [9.17, 15) is 4.79 Å². The Balaban J connectivity index is 2.47. The molecule has 0 spiro atoms. The fraction of sp³-hybridized carbons (Fsp3) is 0.0833. The van der Waals surface area contributed by atoms with E-state index in [0.717, 1.165) is 11.1 Å². The van der Waals surface area contributed by atoms with Crippen LogP contribution in [0.15, 0.2) is 36.4 Å². The zero-order valence-electron chi connectivity index (χ0n) is 8.25. The Morgan fingerprint density at radius 2 is 1.80 bits per heavy atom. The lowest BCUT2D eigenvalue weighted by atomic mass is 10.1. The number of amides is 1. The summed E-state index contributed by atoms with van der Waals surface area (Å²) in [6.07, 6.45) is 0. The monoisotopic (exact) mass is 311 g/mol.